The van der Waals surface area contributed by atoms with Crippen molar-refractivity contribution in [2.45, 2.75) is 91.9 Å². The number of Topliss-reactive ketones (excluding diaryl/α,β-unsaturated/α-hetero) is 1. The summed E-state index contributed by atoms with van der Waals surface area (Å²) in [6.07, 6.45) is 13.3. The van der Waals surface area contributed by atoms with Crippen LogP contribution in [0.3, 0.4) is 0 Å². The van der Waals surface area contributed by atoms with E-state index in [1.807, 2.05) is 0 Å². The largest absolute Gasteiger partial charge is 0.386 e. The Morgan fingerprint density at radius 2 is 1.84 bits per heavy atom. The van der Waals surface area contributed by atoms with Crippen molar-refractivity contribution in [1.29, 1.82) is 0 Å². The highest BCUT2D eigenvalue weighted by Gasteiger charge is 2.63. The van der Waals surface area contributed by atoms with Crippen LogP contribution in [0.4, 0.5) is 0 Å². The van der Waals surface area contributed by atoms with Crippen molar-refractivity contribution in [3.05, 3.63) is 0 Å². The van der Waals surface area contributed by atoms with Crippen LogP contribution in [0.25, 0.3) is 0 Å². The molecule has 0 aromatic rings. The number of hydrazine groups is 1. The second kappa shape index (κ2) is 9.03. The molecule has 4 N–H and O–H groups in total. The van der Waals surface area contributed by atoms with Gasteiger partial charge in [-0.15, -0.1) is 5.10 Å². The maximum atomic E-state index is 13.5. The maximum absolute atomic E-state index is 13.5. The molecule has 0 aromatic carbocycles. The average Bonchev–Trinajstić information content (AvgIpc) is 3.49. The van der Waals surface area contributed by atoms with E-state index in [4.69, 9.17) is 11.6 Å². The minimum Gasteiger partial charge on any atom is -0.386 e. The number of hydrazone groups is 1. The first kappa shape index (κ1) is 23.1. The normalized spacial score (nSPS) is 42.7. The monoisotopic (exact) mass is 430 g/mol. The lowest BCUT2D eigenvalue weighted by atomic mass is 9.49. The SMILES string of the molecule is CCCC1C(CC)CCC2C1CCC1(C)C(C(=O)CN(N)/N=C(/C)N)CC(C3CC3)C21. The van der Waals surface area contributed by atoms with E-state index in [0.29, 0.717) is 5.84 Å². The van der Waals surface area contributed by atoms with Gasteiger partial charge in [0.1, 0.15) is 12.4 Å². The predicted octanol–water partition coefficient (Wildman–Crippen LogP) is 4.95. The molecule has 0 saturated heterocycles. The van der Waals surface area contributed by atoms with E-state index in [1.165, 1.54) is 62.9 Å². The molecule has 0 aliphatic heterocycles. The fraction of sp³-hybridized carbons (Fsp3) is 0.923. The summed E-state index contributed by atoms with van der Waals surface area (Å²) in [5.74, 6) is 12.7. The van der Waals surface area contributed by atoms with Gasteiger partial charge in [-0.1, -0.05) is 40.0 Å². The van der Waals surface area contributed by atoms with Crippen LogP contribution in [-0.2, 0) is 4.79 Å². The van der Waals surface area contributed by atoms with Crippen molar-refractivity contribution in [3.8, 4) is 0 Å². The second-order valence-corrected chi connectivity index (χ2v) is 11.7. The van der Waals surface area contributed by atoms with E-state index >= 15 is 0 Å². The van der Waals surface area contributed by atoms with Gasteiger partial charge < -0.3 is 5.73 Å². The van der Waals surface area contributed by atoms with E-state index in [1.54, 1.807) is 6.92 Å². The first-order valence-corrected chi connectivity index (χ1v) is 13.2. The highest BCUT2D eigenvalue weighted by Crippen LogP contribution is 2.68. The summed E-state index contributed by atoms with van der Waals surface area (Å²) < 4.78 is 0. The number of nitrogens with two attached hydrogens (primary N) is 2. The van der Waals surface area contributed by atoms with Crippen LogP contribution in [0.2, 0.25) is 0 Å². The van der Waals surface area contributed by atoms with Crippen molar-refractivity contribution in [2.75, 3.05) is 6.54 Å². The number of fused-ring (bicyclic) bond motifs is 3. The maximum Gasteiger partial charge on any atom is 0.159 e. The first-order chi connectivity index (χ1) is 14.8. The number of rotatable bonds is 8. The standard InChI is InChI=1S/C26H46N4O/c1-5-7-19-17(6-2)10-11-21-20(19)12-13-26(4)23(14-22(25(21)26)18-8-9-18)24(31)15-30(28)29-16(3)27/h17-23,25H,5-15,28H2,1-4H3,(H2,27,29). The predicted molar refractivity (Wildman–Crippen MR) is 127 cm³/mol. The van der Waals surface area contributed by atoms with Gasteiger partial charge in [0, 0.05) is 5.92 Å². The third-order valence-corrected chi connectivity index (χ3v) is 9.95. The Morgan fingerprint density at radius 1 is 1.10 bits per heavy atom. The third kappa shape index (κ3) is 4.28. The minimum atomic E-state index is 0.136. The molecule has 0 radical (unpaired) electrons. The number of hydrogen-bond donors (Lipinski definition) is 2. The summed E-state index contributed by atoms with van der Waals surface area (Å²) in [6.45, 7) is 9.13. The Labute approximate surface area is 189 Å². The van der Waals surface area contributed by atoms with Crippen LogP contribution in [0.1, 0.15) is 91.9 Å². The molecule has 5 heteroatoms. The molecule has 4 aliphatic carbocycles. The molecule has 0 spiro atoms. The van der Waals surface area contributed by atoms with Gasteiger partial charge in [0.25, 0.3) is 0 Å². The number of hydrogen-bond acceptors (Lipinski definition) is 4. The summed E-state index contributed by atoms with van der Waals surface area (Å²) in [7, 11) is 0. The van der Waals surface area contributed by atoms with Crippen LogP contribution in [0, 0.1) is 52.8 Å². The Balaban J connectivity index is 1.58. The molecule has 8 unspecified atom stereocenters. The topological polar surface area (TPSA) is 84.7 Å². The lowest BCUT2D eigenvalue weighted by molar-refractivity contribution is -0.131. The zero-order chi connectivity index (χ0) is 22.3. The highest BCUT2D eigenvalue weighted by molar-refractivity contribution is 5.84. The van der Waals surface area contributed by atoms with Crippen LogP contribution < -0.4 is 11.6 Å². The van der Waals surface area contributed by atoms with E-state index in [2.05, 4.69) is 25.9 Å². The van der Waals surface area contributed by atoms with Crippen molar-refractivity contribution >= 4 is 11.6 Å². The fourth-order valence-electron chi connectivity index (χ4n) is 8.72. The Hall–Kier alpha value is -1.10. The molecule has 4 aliphatic rings. The van der Waals surface area contributed by atoms with E-state index < -0.39 is 0 Å². The zero-order valence-corrected chi connectivity index (χ0v) is 20.4. The molecular formula is C26H46N4O. The van der Waals surface area contributed by atoms with Crippen LogP contribution >= 0.6 is 0 Å². The zero-order valence-electron chi connectivity index (χ0n) is 20.4. The smallest absolute Gasteiger partial charge is 0.159 e. The molecule has 5 nitrogen and oxygen atoms in total. The summed E-state index contributed by atoms with van der Waals surface area (Å²) in [5, 5.41) is 5.34. The average molecular weight is 431 g/mol. The van der Waals surface area contributed by atoms with Gasteiger partial charge in [0.05, 0.1) is 0 Å². The van der Waals surface area contributed by atoms with Crippen molar-refractivity contribution in [1.82, 2.24) is 5.12 Å². The summed E-state index contributed by atoms with van der Waals surface area (Å²) in [5.41, 5.74) is 5.82. The number of carbonyl (C=O) groups excluding carboxylic acids is 1. The van der Waals surface area contributed by atoms with Crippen molar-refractivity contribution < 1.29 is 4.79 Å². The quantitative estimate of drug-likeness (QED) is 0.247. The lowest BCUT2D eigenvalue weighted by Gasteiger charge is -2.56. The van der Waals surface area contributed by atoms with E-state index in [-0.39, 0.29) is 23.7 Å². The first-order valence-electron chi connectivity index (χ1n) is 13.2. The van der Waals surface area contributed by atoms with Gasteiger partial charge in [-0.3, -0.25) is 4.79 Å². The third-order valence-electron chi connectivity index (χ3n) is 9.95. The van der Waals surface area contributed by atoms with Gasteiger partial charge in [-0.05, 0) is 98.7 Å². The number of ketones is 1. The van der Waals surface area contributed by atoms with Crippen LogP contribution in [0.5, 0.6) is 0 Å². The Bertz CT molecular complexity index is 685. The highest BCUT2D eigenvalue weighted by atomic mass is 16.1. The molecular weight excluding hydrogens is 384 g/mol. The molecule has 4 rings (SSSR count). The van der Waals surface area contributed by atoms with E-state index in [9.17, 15) is 4.79 Å². The van der Waals surface area contributed by atoms with Gasteiger partial charge in [0.15, 0.2) is 5.78 Å². The summed E-state index contributed by atoms with van der Waals surface area (Å²) in [6, 6.07) is 0. The molecule has 31 heavy (non-hydrogen) atoms. The molecule has 0 bridgehead atoms. The molecule has 4 fully saturated rings. The van der Waals surface area contributed by atoms with E-state index in [0.717, 1.165) is 47.8 Å². The number of nitrogens with zero attached hydrogens (tertiary/aromatic N) is 2. The number of carbonyl (C=O) groups is 1. The minimum absolute atomic E-state index is 0.136. The van der Waals surface area contributed by atoms with Gasteiger partial charge in [-0.25, -0.2) is 11.0 Å². The summed E-state index contributed by atoms with van der Waals surface area (Å²) in [4.78, 5) is 13.5. The Kier molecular flexibility index (Phi) is 6.72. The van der Waals surface area contributed by atoms with Crippen LogP contribution in [0.15, 0.2) is 5.10 Å². The van der Waals surface area contributed by atoms with Gasteiger partial charge >= 0.3 is 0 Å². The number of amidine groups is 1. The van der Waals surface area contributed by atoms with Crippen LogP contribution in [-0.4, -0.2) is 23.3 Å². The van der Waals surface area contributed by atoms with Gasteiger partial charge in [-0.2, -0.15) is 0 Å². The van der Waals surface area contributed by atoms with Gasteiger partial charge in [0.2, 0.25) is 0 Å². The van der Waals surface area contributed by atoms with Crippen molar-refractivity contribution in [3.63, 3.8) is 0 Å². The van der Waals surface area contributed by atoms with Crippen molar-refractivity contribution in [2.24, 2.45) is 69.4 Å². The molecule has 4 saturated carbocycles. The summed E-state index contributed by atoms with van der Waals surface area (Å²) >= 11 is 0. The lowest BCUT2D eigenvalue weighted by Crippen LogP contribution is -2.50. The fourth-order valence-corrected chi connectivity index (χ4v) is 8.72. The molecule has 0 aromatic heterocycles. The Morgan fingerprint density at radius 3 is 2.45 bits per heavy atom. The molecule has 0 heterocycles. The molecule has 8 atom stereocenters. The molecule has 0 amide bonds. The second-order valence-electron chi connectivity index (χ2n) is 11.7. The molecule has 176 valence electrons.